The van der Waals surface area contributed by atoms with Gasteiger partial charge in [0.25, 0.3) is 29.5 Å². The molecule has 6 atom stereocenters. The Morgan fingerprint density at radius 1 is 0.433 bits per heavy atom. The van der Waals surface area contributed by atoms with Crippen molar-refractivity contribution in [2.75, 3.05) is 55.2 Å². The molecule has 34 heteroatoms. The second-order valence-electron chi connectivity index (χ2n) is 41.2. The molecule has 8 fully saturated rings. The van der Waals surface area contributed by atoms with Gasteiger partial charge in [0.15, 0.2) is 34.3 Å². The molecule has 8 aliphatic rings. The monoisotopic (exact) mass is 1940 g/mol. The number of Topliss-reactive ketones (excluding diaryl/α,β-unsaturated/α-hetero) is 2. The smallest absolute Gasteiger partial charge is 0.277 e. The van der Waals surface area contributed by atoms with Crippen LogP contribution in [0, 0.1) is 28.6 Å². The summed E-state index contributed by atoms with van der Waals surface area (Å²) in [4.78, 5) is 113. The van der Waals surface area contributed by atoms with Crippen LogP contribution in [0.4, 0.5) is 17.1 Å². The van der Waals surface area contributed by atoms with Crippen molar-refractivity contribution in [1.29, 1.82) is 0 Å². The number of amides is 7. The van der Waals surface area contributed by atoms with Gasteiger partial charge in [-0.2, -0.15) is 0 Å². The minimum absolute atomic E-state index is 0.00924. The maximum Gasteiger partial charge on any atom is 0.277 e. The molecule has 18 rings (SSSR count). The largest absolute Gasteiger partial charge is 0.508 e. The molecule has 141 heavy (non-hydrogen) atoms. The van der Waals surface area contributed by atoms with Crippen LogP contribution in [-0.2, 0) is 27.2 Å². The third-order valence-corrected chi connectivity index (χ3v) is 26.7. The van der Waals surface area contributed by atoms with Crippen molar-refractivity contribution in [1.82, 2.24) is 51.4 Å². The van der Waals surface area contributed by atoms with E-state index in [0.717, 1.165) is 197 Å². The Labute approximate surface area is 823 Å². The number of nitrogens with one attached hydrogen (secondary N) is 5. The number of carbonyl (C=O) groups excluding carboxylic acids is 9. The first-order chi connectivity index (χ1) is 67.5. The number of aromatic hydroxyl groups is 1. The number of anilines is 3. The van der Waals surface area contributed by atoms with Gasteiger partial charge in [-0.1, -0.05) is 141 Å². The summed E-state index contributed by atoms with van der Waals surface area (Å²) in [5.41, 5.74) is 32.4. The van der Waals surface area contributed by atoms with Gasteiger partial charge in [-0.3, -0.25) is 43.2 Å². The summed E-state index contributed by atoms with van der Waals surface area (Å²) in [5, 5.41) is 56.1. The number of nitrogens with two attached hydrogens (primary N) is 4. The highest BCUT2D eigenvalue weighted by molar-refractivity contribution is 6.04. The van der Waals surface area contributed by atoms with Crippen LogP contribution in [0.3, 0.4) is 0 Å². The Morgan fingerprint density at radius 2 is 0.794 bits per heavy atom. The molecule has 34 nitrogen and oxygen atoms in total. The van der Waals surface area contributed by atoms with Gasteiger partial charge in [-0.05, 0) is 242 Å². The van der Waals surface area contributed by atoms with Crippen LogP contribution in [0.15, 0.2) is 161 Å². The van der Waals surface area contributed by atoms with Gasteiger partial charge in [0.2, 0.25) is 11.8 Å². The number of piperidine rings is 2. The molecule has 6 saturated carbocycles. The predicted octanol–water partition coefficient (Wildman–Crippen LogP) is 17.4. The number of ketones is 2. The van der Waals surface area contributed by atoms with Gasteiger partial charge in [-0.15, -0.1) is 0 Å². The van der Waals surface area contributed by atoms with Gasteiger partial charge >= 0.3 is 0 Å². The van der Waals surface area contributed by atoms with E-state index in [0.29, 0.717) is 146 Å². The van der Waals surface area contributed by atoms with Crippen molar-refractivity contribution in [3.8, 4) is 5.75 Å². The number of phenols is 1. The molecule has 2 saturated heterocycles. The minimum Gasteiger partial charge on any atom is -0.508 e. The molecular weight excluding hydrogens is 1800 g/mol. The summed E-state index contributed by atoms with van der Waals surface area (Å²) in [7, 11) is 0. The number of aryl methyl sites for hydroxylation is 1. The van der Waals surface area contributed by atoms with E-state index in [1.54, 1.807) is 72.5 Å². The number of phenolic OH excluding ortho intramolecular Hbond substituents is 1. The van der Waals surface area contributed by atoms with Crippen LogP contribution in [0.2, 0.25) is 0 Å². The number of likely N-dealkylation sites (tertiary alicyclic amines) is 2. The van der Waals surface area contributed by atoms with Crippen LogP contribution in [-0.4, -0.2) is 161 Å². The molecule has 7 amide bonds. The fraction of sp³-hybridized carbons (Fsp3) is 0.523. The maximum atomic E-state index is 12.7. The molecular formula is C107H141N17O17. The first kappa shape index (κ1) is 106. The molecule has 4 aromatic carbocycles. The average Bonchev–Trinajstić information content (AvgIpc) is 1.70. The Morgan fingerprint density at radius 3 is 1.18 bits per heavy atom. The average molecular weight is 1940 g/mol. The maximum absolute atomic E-state index is 12.7. The van der Waals surface area contributed by atoms with E-state index in [1.807, 2.05) is 98.5 Å². The molecule has 0 radical (unpaired) electrons. The number of hydrogen-bond acceptors (Lipinski definition) is 27. The summed E-state index contributed by atoms with van der Waals surface area (Å²) < 4.78 is 31.3. The van der Waals surface area contributed by atoms with E-state index in [2.05, 4.69) is 92.1 Å². The number of hydrogen-bond donors (Lipinski definition) is 11. The highest BCUT2D eigenvalue weighted by Gasteiger charge is 2.38. The third kappa shape index (κ3) is 32.7. The van der Waals surface area contributed by atoms with Crippen LogP contribution in [0.5, 0.6) is 5.75 Å². The van der Waals surface area contributed by atoms with Crippen molar-refractivity contribution in [3.05, 3.63) is 224 Å². The minimum atomic E-state index is -0.937. The van der Waals surface area contributed by atoms with Gasteiger partial charge < -0.3 is 96.7 Å². The molecule has 0 bridgehead atoms. The van der Waals surface area contributed by atoms with Crippen LogP contribution >= 0.6 is 0 Å². The zero-order chi connectivity index (χ0) is 101. The number of aliphatic hydroxyl groups is 1. The Kier molecular flexibility index (Phi) is 36.9. The number of aliphatic hydroxyl groups excluding tert-OH is 1. The third-order valence-electron chi connectivity index (χ3n) is 26.7. The molecule has 6 aromatic heterocycles. The summed E-state index contributed by atoms with van der Waals surface area (Å²) in [5.74, 6) is 7.73. The van der Waals surface area contributed by atoms with Crippen molar-refractivity contribution in [3.63, 3.8) is 0 Å². The highest BCUT2D eigenvalue weighted by Crippen LogP contribution is 2.45. The molecule has 3 unspecified atom stereocenters. The molecule has 8 heterocycles. The van der Waals surface area contributed by atoms with Crippen molar-refractivity contribution in [2.24, 2.45) is 51.5 Å². The fourth-order valence-corrected chi connectivity index (χ4v) is 16.5. The van der Waals surface area contributed by atoms with E-state index in [4.69, 9.17) is 50.1 Å². The summed E-state index contributed by atoms with van der Waals surface area (Å²) in [6.45, 7) is 23.4. The standard InChI is InChI=1S/C23H29N3O4.C18H23N3O2.C18H26N2O4.C16H26N4O3.C16H19N3O2.C16H18N2O2/c24-19(13-16-1-6-18(27)7-2-16)23(29)26-11-9-15(10-12-26)3-8-21(28)20-14-22(30-25-20)17-4-5-17;1-18(2,3)16(19)12-6-8-13(9-7-12)20-17(22)14-10-15(23-21-14)11-4-5-11;1-11(13-5-7-20(8-6-13)18(23)12(2)21)9-16(22)15-10-17(24-19-15)14-3-4-14;1-10(17)6-14(21)18-8-16(2,3)9-19-15(22)12-7-13(23-20-12)11-4-5-11;1-2-13(17)10-5-7-12(8-6-10)18-16(20)14-9-15(21-19-14)11-3-4-11;1-2-3-11-4-8-13(9-5-11)17-16(19)14-10-15(20-18-14)12-6-7-12/h1-2,6-7,14-15,17,19,27H,3-5,8-13,24H2;6-11,16H,4-5,19H2,1-3H3,(H,20,22);10-14,21H,3-9H2,1-2H3;7,10-11H,4-6,8-9,17H2,1-3H3,(H,18,21)(H,19,22);5-9,11,13H,2-4,17H2,1H3,(H,18,20);4-5,8-10,12H,2-3,6-7H2,1H3,(H,17,19)/t19-;;11?,12-;10-;;/m1.01../s1. The Bertz CT molecular complexity index is 5770. The summed E-state index contributed by atoms with van der Waals surface area (Å²) in [6.07, 6.45) is 21.6. The highest BCUT2D eigenvalue weighted by atomic mass is 16.5. The Hall–Kier alpha value is -12.6. The quantitative estimate of drug-likeness (QED) is 0.0162. The van der Waals surface area contributed by atoms with E-state index in [9.17, 15) is 53.4 Å². The molecule has 756 valence electrons. The Balaban J connectivity index is 0.000000143. The topological polar surface area (TPSA) is 521 Å². The molecule has 15 N–H and O–H groups in total. The molecule has 6 aliphatic carbocycles. The fourth-order valence-electron chi connectivity index (χ4n) is 16.5. The number of carbonyl (C=O) groups is 9. The van der Waals surface area contributed by atoms with Crippen molar-refractivity contribution < 1.29 is 80.5 Å². The summed E-state index contributed by atoms with van der Waals surface area (Å²) in [6, 6.07) is 39.7. The van der Waals surface area contributed by atoms with Crippen LogP contribution < -0.4 is 49.5 Å². The van der Waals surface area contributed by atoms with Crippen molar-refractivity contribution in [2.45, 2.75) is 289 Å². The number of benzene rings is 4. The summed E-state index contributed by atoms with van der Waals surface area (Å²) >= 11 is 0. The first-order valence-corrected chi connectivity index (χ1v) is 50.2. The first-order valence-electron chi connectivity index (χ1n) is 50.2. The molecule has 0 spiro atoms. The van der Waals surface area contributed by atoms with Crippen LogP contribution in [0.1, 0.15) is 378 Å². The SMILES string of the molecule is CC(C)(C)C(N)c1ccc(NC(=O)c2cc(C3CC3)on2)cc1.CC(CC(=O)c1cc(C2CC2)on1)C1CCN(C(=O)[C@H](C)O)CC1.CCC(N)c1ccc(NC(=O)c2cc(C3CC3)on2)cc1.CCCc1ccc(NC(=O)c2cc(C3CC3)on2)cc1.C[C@@H](N)CC(=O)NCC(C)(C)CNC(=O)c1cc(C2CC2)on1.N[C@H](Cc1ccc(O)cc1)C(=O)N1CCC(CCC(=O)c2cc(C3CC3)on2)CC1. The molecule has 10 aromatic rings. The lowest BCUT2D eigenvalue weighted by atomic mass is 9.82. The number of nitrogens with zero attached hydrogens (tertiary/aromatic N) is 8. The second kappa shape index (κ2) is 49.2. The lowest BCUT2D eigenvalue weighted by Gasteiger charge is -2.35. The second-order valence-corrected chi connectivity index (χ2v) is 41.2. The van der Waals surface area contributed by atoms with Gasteiger partial charge in [-0.25, -0.2) is 0 Å². The van der Waals surface area contributed by atoms with E-state index in [1.165, 1.54) is 12.5 Å². The van der Waals surface area contributed by atoms with E-state index < -0.39 is 12.1 Å². The van der Waals surface area contributed by atoms with E-state index in [-0.39, 0.29) is 93.5 Å². The van der Waals surface area contributed by atoms with E-state index >= 15 is 0 Å². The lowest BCUT2D eigenvalue weighted by Crippen LogP contribution is -2.48. The normalized spacial score (nSPS) is 17.2. The van der Waals surface area contributed by atoms with Crippen molar-refractivity contribution >= 4 is 70.0 Å². The number of rotatable bonds is 36. The zero-order valence-electron chi connectivity index (χ0n) is 82.9. The van der Waals surface area contributed by atoms with Gasteiger partial charge in [0, 0.05) is 166 Å². The van der Waals surface area contributed by atoms with Gasteiger partial charge in [0.1, 0.15) is 57.8 Å². The van der Waals surface area contributed by atoms with Crippen LogP contribution in [0.25, 0.3) is 0 Å². The molecule has 2 aliphatic heterocycles. The zero-order valence-corrected chi connectivity index (χ0v) is 82.9. The lowest BCUT2D eigenvalue weighted by molar-refractivity contribution is -0.141. The number of aromatic nitrogens is 6. The predicted molar refractivity (Wildman–Crippen MR) is 531 cm³/mol. The van der Waals surface area contributed by atoms with Gasteiger partial charge in [0.05, 0.1) is 6.04 Å².